The van der Waals surface area contributed by atoms with Gasteiger partial charge in [0.1, 0.15) is 0 Å². The van der Waals surface area contributed by atoms with E-state index in [2.05, 4.69) is 99.8 Å². The Labute approximate surface area is 182 Å². The van der Waals surface area contributed by atoms with E-state index in [4.69, 9.17) is 0 Å². The van der Waals surface area contributed by atoms with Crippen molar-refractivity contribution in [2.75, 3.05) is 0 Å². The monoisotopic (exact) mass is 446 g/mol. The van der Waals surface area contributed by atoms with Crippen LogP contribution in [-0.4, -0.2) is 0 Å². The van der Waals surface area contributed by atoms with Crippen LogP contribution in [0.15, 0.2) is 86.0 Å². The summed E-state index contributed by atoms with van der Waals surface area (Å²) < 4.78 is 0. The van der Waals surface area contributed by atoms with Gasteiger partial charge in [-0.1, -0.05) is 23.3 Å². The van der Waals surface area contributed by atoms with Gasteiger partial charge in [0, 0.05) is 0 Å². The molecule has 0 heterocycles. The maximum atomic E-state index is 3.00. The van der Waals surface area contributed by atoms with Gasteiger partial charge >= 0.3 is 26.2 Å². The second-order valence-electron chi connectivity index (χ2n) is 5.21. The van der Waals surface area contributed by atoms with Crippen LogP contribution < -0.4 is 24.8 Å². The molecule has 0 radical (unpaired) electrons. The van der Waals surface area contributed by atoms with Gasteiger partial charge in [0.2, 0.25) is 0 Å². The number of rotatable bonds is 0. The number of hydrogen-bond donors (Lipinski definition) is 0. The first-order valence-corrected chi connectivity index (χ1v) is 7.48. The summed E-state index contributed by atoms with van der Waals surface area (Å²) in [6, 6.07) is 25.5. The van der Waals surface area contributed by atoms with Crippen LogP contribution >= 0.6 is 0 Å². The SMILES string of the molecule is C=C.Cc1cccc2[cH-]ccc12.Cc1cccc2[cH-]ccc12.[Cl-].[Cl-].[Zr+4]. The van der Waals surface area contributed by atoms with Gasteiger partial charge in [-0.2, -0.15) is 24.3 Å². The van der Waals surface area contributed by atoms with Gasteiger partial charge in [0.05, 0.1) is 0 Å². The molecule has 0 amide bonds. The average Bonchev–Trinajstić information content (AvgIpc) is 3.20. The van der Waals surface area contributed by atoms with Crippen molar-refractivity contribution in [3.05, 3.63) is 97.1 Å². The van der Waals surface area contributed by atoms with E-state index in [1.54, 1.807) is 0 Å². The van der Waals surface area contributed by atoms with Crippen molar-refractivity contribution < 1.29 is 51.0 Å². The zero-order valence-electron chi connectivity index (χ0n) is 14.6. The van der Waals surface area contributed by atoms with E-state index in [-0.39, 0.29) is 51.0 Å². The van der Waals surface area contributed by atoms with Crippen molar-refractivity contribution in [3.63, 3.8) is 0 Å². The average molecular weight is 449 g/mol. The summed E-state index contributed by atoms with van der Waals surface area (Å²) >= 11 is 0. The minimum absolute atomic E-state index is 0. The first-order valence-electron chi connectivity index (χ1n) is 7.48. The van der Waals surface area contributed by atoms with Gasteiger partial charge < -0.3 is 24.8 Å². The van der Waals surface area contributed by atoms with E-state index in [1.807, 2.05) is 0 Å². The Hall–Kier alpha value is -1.14. The summed E-state index contributed by atoms with van der Waals surface area (Å²) in [4.78, 5) is 0. The molecule has 4 aromatic rings. The molecular weight excluding hydrogens is 426 g/mol. The molecule has 0 N–H and O–H groups in total. The van der Waals surface area contributed by atoms with E-state index in [9.17, 15) is 0 Å². The van der Waals surface area contributed by atoms with Crippen LogP contribution in [0.4, 0.5) is 0 Å². The smallest absolute Gasteiger partial charge is 1.00 e. The van der Waals surface area contributed by atoms with Crippen LogP contribution in [0.25, 0.3) is 21.5 Å². The van der Waals surface area contributed by atoms with Crippen molar-refractivity contribution in [2.24, 2.45) is 0 Å². The minimum atomic E-state index is 0. The second-order valence-corrected chi connectivity index (χ2v) is 5.21. The van der Waals surface area contributed by atoms with Crippen LogP contribution in [0.1, 0.15) is 11.1 Å². The molecule has 4 rings (SSSR count). The molecule has 0 saturated heterocycles. The summed E-state index contributed by atoms with van der Waals surface area (Å²) in [6.07, 6.45) is 0. The third kappa shape index (κ3) is 6.59. The maximum Gasteiger partial charge on any atom is 4.00 e. The van der Waals surface area contributed by atoms with Crippen molar-refractivity contribution in [1.29, 1.82) is 0 Å². The summed E-state index contributed by atoms with van der Waals surface area (Å²) in [5, 5.41) is 5.45. The van der Waals surface area contributed by atoms with Crippen LogP contribution in [-0.2, 0) is 26.2 Å². The third-order valence-corrected chi connectivity index (χ3v) is 3.79. The molecule has 0 atom stereocenters. The number of halogens is 2. The first kappa shape index (κ1) is 26.1. The largest absolute Gasteiger partial charge is 4.00 e. The Morgan fingerprint density at radius 2 is 1.00 bits per heavy atom. The zero-order chi connectivity index (χ0) is 15.9. The topological polar surface area (TPSA) is 0 Å². The molecule has 3 heteroatoms. The van der Waals surface area contributed by atoms with Gasteiger partial charge in [-0.15, -0.1) is 71.1 Å². The molecule has 0 aliphatic heterocycles. The van der Waals surface area contributed by atoms with Crippen molar-refractivity contribution >= 4 is 21.5 Å². The normalized spacial score (nSPS) is 8.56. The molecule has 0 saturated carbocycles. The predicted molar refractivity (Wildman–Crippen MR) is 99.8 cm³/mol. The van der Waals surface area contributed by atoms with E-state index >= 15 is 0 Å². The number of aryl methyl sites for hydroxylation is 2. The standard InChI is InChI=1S/2C10H9.C2H4.2ClH.Zr/c2*1-8-4-2-5-9-6-3-7-10(8)9;1-2;;;/h2*2-7H,1H3;1-2H2;2*1H;/q2*-1;;;;+4/p-2. The van der Waals surface area contributed by atoms with Crippen molar-refractivity contribution in [2.45, 2.75) is 13.8 Å². The van der Waals surface area contributed by atoms with Gasteiger partial charge in [0.25, 0.3) is 0 Å². The molecule has 0 unspecified atom stereocenters. The molecule has 0 spiro atoms. The number of benzene rings is 2. The van der Waals surface area contributed by atoms with E-state index < -0.39 is 0 Å². The minimum Gasteiger partial charge on any atom is -1.00 e. The molecule has 128 valence electrons. The molecule has 0 bridgehead atoms. The fourth-order valence-corrected chi connectivity index (χ4v) is 2.65. The predicted octanol–water partition coefficient (Wildman–Crippen LogP) is 0.542. The molecule has 0 aliphatic carbocycles. The molecular formula is C22H22Cl2Zr. The molecule has 4 aromatic carbocycles. The Morgan fingerprint density at radius 3 is 1.32 bits per heavy atom. The van der Waals surface area contributed by atoms with Crippen molar-refractivity contribution in [1.82, 2.24) is 0 Å². The van der Waals surface area contributed by atoms with Crippen LogP contribution in [0.2, 0.25) is 0 Å². The summed E-state index contributed by atoms with van der Waals surface area (Å²) in [6.45, 7) is 10.3. The zero-order valence-corrected chi connectivity index (χ0v) is 18.6. The van der Waals surface area contributed by atoms with Gasteiger partial charge in [0.15, 0.2) is 0 Å². The number of fused-ring (bicyclic) bond motifs is 2. The molecule has 25 heavy (non-hydrogen) atoms. The van der Waals surface area contributed by atoms with Gasteiger partial charge in [-0.05, 0) is 13.8 Å². The summed E-state index contributed by atoms with van der Waals surface area (Å²) in [7, 11) is 0. The van der Waals surface area contributed by atoms with E-state index in [0.717, 1.165) is 0 Å². The first-order chi connectivity index (χ1) is 10.8. The van der Waals surface area contributed by atoms with Crippen molar-refractivity contribution in [3.8, 4) is 0 Å². The van der Waals surface area contributed by atoms with Gasteiger partial charge in [-0.3, -0.25) is 0 Å². The van der Waals surface area contributed by atoms with Crippen LogP contribution in [0.3, 0.4) is 0 Å². The Morgan fingerprint density at radius 1 is 0.640 bits per heavy atom. The third-order valence-electron chi connectivity index (χ3n) is 3.79. The summed E-state index contributed by atoms with van der Waals surface area (Å²) in [5.41, 5.74) is 2.73. The fourth-order valence-electron chi connectivity index (χ4n) is 2.65. The van der Waals surface area contributed by atoms with Gasteiger partial charge in [-0.25, -0.2) is 0 Å². The maximum absolute atomic E-state index is 3.00. The summed E-state index contributed by atoms with van der Waals surface area (Å²) in [5.74, 6) is 0. The van der Waals surface area contributed by atoms with Crippen LogP contribution in [0.5, 0.6) is 0 Å². The number of hydrogen-bond acceptors (Lipinski definition) is 0. The fraction of sp³-hybridized carbons (Fsp3) is 0.0909. The molecule has 0 fully saturated rings. The van der Waals surface area contributed by atoms with E-state index in [1.165, 1.54) is 32.7 Å². The second kappa shape index (κ2) is 13.1. The Balaban J connectivity index is 0. The van der Waals surface area contributed by atoms with E-state index in [0.29, 0.717) is 0 Å². The molecule has 0 aromatic heterocycles. The van der Waals surface area contributed by atoms with Crippen LogP contribution in [0, 0.1) is 13.8 Å². The molecule has 0 nitrogen and oxygen atoms in total. The quantitative estimate of drug-likeness (QED) is 0.272. The Bertz CT molecular complexity index is 786. The molecule has 0 aliphatic rings. The Kier molecular flexibility index (Phi) is 13.7.